The van der Waals surface area contributed by atoms with E-state index in [1.165, 1.54) is 44.9 Å². The monoisotopic (exact) mass is 211 g/mol. The number of nitrogens with two attached hydrogens (primary N) is 1. The highest BCUT2D eigenvalue weighted by atomic mass is 16.3. The van der Waals surface area contributed by atoms with E-state index >= 15 is 0 Å². The van der Waals surface area contributed by atoms with Crippen molar-refractivity contribution in [2.75, 3.05) is 0 Å². The van der Waals surface area contributed by atoms with Crippen LogP contribution in [-0.2, 0) is 0 Å². The average molecular weight is 211 g/mol. The third kappa shape index (κ3) is 2.73. The van der Waals surface area contributed by atoms with Gasteiger partial charge in [-0.3, -0.25) is 0 Å². The lowest BCUT2D eigenvalue weighted by atomic mass is 9.81. The van der Waals surface area contributed by atoms with Crippen LogP contribution in [0.2, 0.25) is 0 Å². The molecule has 88 valence electrons. The Bertz CT molecular complexity index is 195. The Morgan fingerprint density at radius 1 is 0.800 bits per heavy atom. The maximum absolute atomic E-state index is 9.99. The summed E-state index contributed by atoms with van der Waals surface area (Å²) in [5, 5.41) is 9.99. The van der Waals surface area contributed by atoms with E-state index in [9.17, 15) is 5.11 Å². The minimum Gasteiger partial charge on any atom is -0.393 e. The van der Waals surface area contributed by atoms with Crippen LogP contribution in [0.15, 0.2) is 0 Å². The molecule has 2 aliphatic carbocycles. The molecule has 3 N–H and O–H groups in total. The lowest BCUT2D eigenvalue weighted by Gasteiger charge is -2.29. The molecule has 0 amide bonds. The van der Waals surface area contributed by atoms with Gasteiger partial charge in [0.1, 0.15) is 0 Å². The van der Waals surface area contributed by atoms with Gasteiger partial charge in [0.2, 0.25) is 0 Å². The average Bonchev–Trinajstić information content (AvgIpc) is 2.59. The normalized spacial score (nSPS) is 43.6. The largest absolute Gasteiger partial charge is 0.393 e. The van der Waals surface area contributed by atoms with E-state index in [-0.39, 0.29) is 12.1 Å². The topological polar surface area (TPSA) is 46.2 Å². The SMILES string of the molecule is NC1CCCCCCCC2CCC(O)C12. The summed E-state index contributed by atoms with van der Waals surface area (Å²) >= 11 is 0. The standard InChI is InChI=1S/C13H25NO/c14-11-7-5-3-1-2-4-6-10-8-9-12(15)13(10)11/h10-13,15H,1-9,14H2. The van der Waals surface area contributed by atoms with Crippen LogP contribution in [0.5, 0.6) is 0 Å². The number of rotatable bonds is 0. The van der Waals surface area contributed by atoms with Crippen LogP contribution in [0.3, 0.4) is 0 Å². The minimum absolute atomic E-state index is 0.107. The third-order valence-electron chi connectivity index (χ3n) is 4.43. The molecule has 0 aromatic rings. The van der Waals surface area contributed by atoms with Gasteiger partial charge in [-0.05, 0) is 25.2 Å². The molecule has 2 heteroatoms. The number of aliphatic hydroxyl groups is 1. The molecule has 0 bridgehead atoms. The molecule has 0 heterocycles. The van der Waals surface area contributed by atoms with Crippen molar-refractivity contribution in [2.45, 2.75) is 69.9 Å². The second-order valence-electron chi connectivity index (χ2n) is 5.49. The van der Waals surface area contributed by atoms with Crippen molar-refractivity contribution in [3.63, 3.8) is 0 Å². The van der Waals surface area contributed by atoms with Gasteiger partial charge in [0, 0.05) is 12.0 Å². The Hall–Kier alpha value is -0.0800. The Balaban J connectivity index is 1.98. The van der Waals surface area contributed by atoms with E-state index < -0.39 is 0 Å². The molecule has 0 radical (unpaired) electrons. The van der Waals surface area contributed by atoms with Gasteiger partial charge in [-0.2, -0.15) is 0 Å². The van der Waals surface area contributed by atoms with Crippen LogP contribution in [0.1, 0.15) is 57.8 Å². The van der Waals surface area contributed by atoms with Gasteiger partial charge in [-0.15, -0.1) is 0 Å². The van der Waals surface area contributed by atoms with Crippen LogP contribution in [0, 0.1) is 11.8 Å². The highest BCUT2D eigenvalue weighted by molar-refractivity contribution is 4.91. The number of hydrogen-bond donors (Lipinski definition) is 2. The van der Waals surface area contributed by atoms with Gasteiger partial charge >= 0.3 is 0 Å². The molecule has 2 fully saturated rings. The van der Waals surface area contributed by atoms with E-state index in [0.29, 0.717) is 11.8 Å². The predicted molar refractivity (Wildman–Crippen MR) is 62.5 cm³/mol. The van der Waals surface area contributed by atoms with Crippen LogP contribution < -0.4 is 5.73 Å². The van der Waals surface area contributed by atoms with Crippen LogP contribution in [0.25, 0.3) is 0 Å². The first-order valence-corrected chi connectivity index (χ1v) is 6.72. The van der Waals surface area contributed by atoms with Gasteiger partial charge in [0.05, 0.1) is 6.10 Å². The molecular formula is C13H25NO. The Labute approximate surface area is 93.2 Å². The zero-order valence-electron chi connectivity index (χ0n) is 9.70. The molecule has 4 atom stereocenters. The lowest BCUT2D eigenvalue weighted by molar-refractivity contribution is 0.0939. The molecule has 2 rings (SSSR count). The van der Waals surface area contributed by atoms with Crippen molar-refractivity contribution in [1.82, 2.24) is 0 Å². The van der Waals surface area contributed by atoms with Crippen molar-refractivity contribution in [3.8, 4) is 0 Å². The molecule has 0 aliphatic heterocycles. The summed E-state index contributed by atoms with van der Waals surface area (Å²) in [4.78, 5) is 0. The van der Waals surface area contributed by atoms with Gasteiger partial charge in [0.15, 0.2) is 0 Å². The smallest absolute Gasteiger partial charge is 0.0585 e. The van der Waals surface area contributed by atoms with Gasteiger partial charge in [0.25, 0.3) is 0 Å². The zero-order valence-corrected chi connectivity index (χ0v) is 9.70. The zero-order chi connectivity index (χ0) is 10.7. The van der Waals surface area contributed by atoms with Gasteiger partial charge < -0.3 is 10.8 Å². The van der Waals surface area contributed by atoms with Crippen LogP contribution in [0.4, 0.5) is 0 Å². The van der Waals surface area contributed by atoms with E-state index in [4.69, 9.17) is 5.73 Å². The summed E-state index contributed by atoms with van der Waals surface area (Å²) in [5.41, 5.74) is 6.24. The van der Waals surface area contributed by atoms with Crippen molar-refractivity contribution < 1.29 is 5.11 Å². The fourth-order valence-electron chi connectivity index (χ4n) is 3.56. The maximum atomic E-state index is 9.99. The summed E-state index contributed by atoms with van der Waals surface area (Å²) < 4.78 is 0. The molecule has 2 saturated carbocycles. The fraction of sp³-hybridized carbons (Fsp3) is 1.00. The van der Waals surface area contributed by atoms with E-state index in [2.05, 4.69) is 0 Å². The third-order valence-corrected chi connectivity index (χ3v) is 4.43. The summed E-state index contributed by atoms with van der Waals surface area (Å²) in [6.07, 6.45) is 11.2. The summed E-state index contributed by atoms with van der Waals surface area (Å²) in [7, 11) is 0. The van der Waals surface area contributed by atoms with Crippen molar-refractivity contribution in [2.24, 2.45) is 17.6 Å². The Kier molecular flexibility index (Phi) is 4.04. The summed E-state index contributed by atoms with van der Waals surface area (Å²) in [6, 6.07) is 0.255. The fourth-order valence-corrected chi connectivity index (χ4v) is 3.56. The Morgan fingerprint density at radius 2 is 1.47 bits per heavy atom. The highest BCUT2D eigenvalue weighted by Gasteiger charge is 2.38. The molecular weight excluding hydrogens is 186 g/mol. The highest BCUT2D eigenvalue weighted by Crippen LogP contribution is 2.39. The summed E-state index contributed by atoms with van der Waals surface area (Å²) in [6.45, 7) is 0. The first kappa shape index (κ1) is 11.4. The quantitative estimate of drug-likeness (QED) is 0.646. The van der Waals surface area contributed by atoms with Crippen LogP contribution in [-0.4, -0.2) is 17.3 Å². The molecule has 2 aliphatic rings. The maximum Gasteiger partial charge on any atom is 0.0585 e. The van der Waals surface area contributed by atoms with E-state index in [1.807, 2.05) is 0 Å². The molecule has 2 nitrogen and oxygen atoms in total. The molecule has 0 spiro atoms. The first-order valence-electron chi connectivity index (χ1n) is 6.72. The second kappa shape index (κ2) is 5.31. The van der Waals surface area contributed by atoms with Crippen LogP contribution >= 0.6 is 0 Å². The molecule has 0 aromatic carbocycles. The van der Waals surface area contributed by atoms with Crippen molar-refractivity contribution in [1.29, 1.82) is 0 Å². The number of aliphatic hydroxyl groups excluding tert-OH is 1. The predicted octanol–water partition coefficient (Wildman–Crippen LogP) is 2.45. The second-order valence-corrected chi connectivity index (χ2v) is 5.49. The number of fused-ring (bicyclic) bond motifs is 1. The molecule has 15 heavy (non-hydrogen) atoms. The molecule has 0 saturated heterocycles. The summed E-state index contributed by atoms with van der Waals surface area (Å²) in [5.74, 6) is 1.12. The first-order chi connectivity index (χ1) is 7.29. The lowest BCUT2D eigenvalue weighted by Crippen LogP contribution is -2.38. The van der Waals surface area contributed by atoms with Gasteiger partial charge in [-0.1, -0.05) is 38.5 Å². The van der Waals surface area contributed by atoms with Crippen molar-refractivity contribution in [3.05, 3.63) is 0 Å². The van der Waals surface area contributed by atoms with Gasteiger partial charge in [-0.25, -0.2) is 0 Å². The number of hydrogen-bond acceptors (Lipinski definition) is 2. The van der Waals surface area contributed by atoms with E-state index in [1.54, 1.807) is 0 Å². The molecule has 0 aromatic heterocycles. The van der Waals surface area contributed by atoms with Crippen molar-refractivity contribution >= 4 is 0 Å². The Morgan fingerprint density at radius 3 is 2.27 bits per heavy atom. The minimum atomic E-state index is -0.107. The van der Waals surface area contributed by atoms with E-state index in [0.717, 1.165) is 12.8 Å². The molecule has 4 unspecified atom stereocenters.